The molecule has 36 heavy (non-hydrogen) atoms. The molecule has 0 spiro atoms. The van der Waals surface area contributed by atoms with Gasteiger partial charge in [-0.1, -0.05) is 0 Å². The number of rotatable bonds is 5. The van der Waals surface area contributed by atoms with E-state index in [2.05, 4.69) is 9.97 Å². The first kappa shape index (κ1) is 24.0. The fraction of sp³-hybridized carbons (Fsp3) is 0.348. The van der Waals surface area contributed by atoms with Gasteiger partial charge in [-0.05, 0) is 30.2 Å². The highest BCUT2D eigenvalue weighted by Crippen LogP contribution is 2.34. The van der Waals surface area contributed by atoms with E-state index in [0.29, 0.717) is 31.6 Å². The number of fused-ring (bicyclic) bond motifs is 6. The second-order valence-electron chi connectivity index (χ2n) is 8.26. The molecule has 1 fully saturated rings. The predicted octanol–water partition coefficient (Wildman–Crippen LogP) is 4.09. The number of halogens is 5. The summed E-state index contributed by atoms with van der Waals surface area (Å²) in [6.07, 6.45) is -3.17. The van der Waals surface area contributed by atoms with Crippen molar-refractivity contribution in [2.24, 2.45) is 0 Å². The number of hydrogen-bond donors (Lipinski definition) is 0. The van der Waals surface area contributed by atoms with Gasteiger partial charge in [0.15, 0.2) is 17.4 Å². The van der Waals surface area contributed by atoms with Crippen LogP contribution in [0.1, 0.15) is 23.7 Å². The number of nitrogens with zero attached hydrogens (tertiary/aromatic N) is 4. The molecule has 2 aromatic heterocycles. The fourth-order valence-electron chi connectivity index (χ4n) is 4.14. The first-order valence-electron chi connectivity index (χ1n) is 11.0. The van der Waals surface area contributed by atoms with Gasteiger partial charge >= 0.3 is 11.9 Å². The Morgan fingerprint density at radius 3 is 2.64 bits per heavy atom. The van der Waals surface area contributed by atoms with E-state index < -0.39 is 40.7 Å². The third-order valence-electron chi connectivity index (χ3n) is 5.84. The zero-order valence-electron chi connectivity index (χ0n) is 18.6. The second kappa shape index (κ2) is 9.37. The topological polar surface area (TPSA) is 78.7 Å². The minimum atomic E-state index is -4.74. The van der Waals surface area contributed by atoms with Crippen molar-refractivity contribution >= 4 is 5.82 Å². The molecule has 2 aliphatic rings. The molecule has 0 N–H and O–H groups in total. The van der Waals surface area contributed by atoms with Gasteiger partial charge in [0.05, 0.1) is 19.3 Å². The lowest BCUT2D eigenvalue weighted by atomic mass is 10.1. The molecule has 2 bridgehead atoms. The summed E-state index contributed by atoms with van der Waals surface area (Å²) in [6.45, 7) is 1.95. The summed E-state index contributed by atoms with van der Waals surface area (Å²) in [5.74, 6) is -2.96. The fourth-order valence-corrected chi connectivity index (χ4v) is 4.14. The molecule has 1 aromatic carbocycles. The molecule has 1 saturated heterocycles. The van der Waals surface area contributed by atoms with E-state index in [0.717, 1.165) is 37.4 Å². The van der Waals surface area contributed by atoms with Crippen LogP contribution in [0.15, 0.2) is 41.3 Å². The van der Waals surface area contributed by atoms with Crippen molar-refractivity contribution in [3.63, 3.8) is 0 Å². The van der Waals surface area contributed by atoms with Crippen LogP contribution in [-0.4, -0.2) is 40.8 Å². The van der Waals surface area contributed by atoms with E-state index >= 15 is 0 Å². The molecule has 13 heteroatoms. The van der Waals surface area contributed by atoms with Crippen LogP contribution in [0.2, 0.25) is 0 Å². The minimum Gasteiger partial charge on any atom is -0.473 e. The second-order valence-corrected chi connectivity index (χ2v) is 8.26. The maximum absolute atomic E-state index is 14.6. The monoisotopic (exact) mass is 510 g/mol. The molecule has 1 unspecified atom stereocenters. The standard InChI is InChI=1S/C23H19F5N4O4/c24-16-7-13(8-17(25)21(16)36-15-1-3-29-18(9-15)23(26,27)28)11-35-19-10-20-31-4-2-14(12-34-6-5-31)32(20)22(33)30-19/h1,3,7-10,14H,2,4-6,11-12H2. The van der Waals surface area contributed by atoms with E-state index in [9.17, 15) is 26.7 Å². The highest BCUT2D eigenvalue weighted by atomic mass is 19.4. The number of hydrogen-bond acceptors (Lipinski definition) is 7. The van der Waals surface area contributed by atoms with Gasteiger partial charge in [-0.15, -0.1) is 0 Å². The number of benzene rings is 1. The van der Waals surface area contributed by atoms with Gasteiger partial charge in [0.2, 0.25) is 5.88 Å². The minimum absolute atomic E-state index is 0.00370. The molecule has 5 rings (SSSR count). The quantitative estimate of drug-likeness (QED) is 0.479. The van der Waals surface area contributed by atoms with Gasteiger partial charge in [0.1, 0.15) is 23.9 Å². The van der Waals surface area contributed by atoms with Crippen LogP contribution in [0.25, 0.3) is 0 Å². The summed E-state index contributed by atoms with van der Waals surface area (Å²) < 4.78 is 85.3. The van der Waals surface area contributed by atoms with E-state index in [1.54, 1.807) is 10.6 Å². The van der Waals surface area contributed by atoms with Gasteiger partial charge in [0.25, 0.3) is 0 Å². The lowest BCUT2D eigenvalue weighted by molar-refractivity contribution is -0.141. The highest BCUT2D eigenvalue weighted by Gasteiger charge is 2.33. The van der Waals surface area contributed by atoms with Gasteiger partial charge in [-0.25, -0.2) is 13.6 Å². The lowest BCUT2D eigenvalue weighted by Crippen LogP contribution is -2.45. The number of anilines is 1. The van der Waals surface area contributed by atoms with Crippen molar-refractivity contribution in [1.29, 1.82) is 0 Å². The largest absolute Gasteiger partial charge is 0.473 e. The molecule has 0 aliphatic carbocycles. The van der Waals surface area contributed by atoms with Crippen molar-refractivity contribution in [3.8, 4) is 17.4 Å². The van der Waals surface area contributed by atoms with Crippen LogP contribution in [0.4, 0.5) is 27.8 Å². The molecular weight excluding hydrogens is 491 g/mol. The normalized spacial score (nSPS) is 17.4. The van der Waals surface area contributed by atoms with Crippen LogP contribution in [-0.2, 0) is 17.5 Å². The number of pyridine rings is 1. The summed E-state index contributed by atoms with van der Waals surface area (Å²) in [4.78, 5) is 21.7. The first-order chi connectivity index (χ1) is 17.2. The van der Waals surface area contributed by atoms with Crippen molar-refractivity contribution in [3.05, 3.63) is 69.9 Å². The Morgan fingerprint density at radius 1 is 1.11 bits per heavy atom. The molecule has 3 aromatic rings. The van der Waals surface area contributed by atoms with E-state index in [1.165, 1.54) is 0 Å². The number of ether oxygens (including phenoxy) is 3. The average molecular weight is 510 g/mol. The zero-order chi connectivity index (χ0) is 25.4. The van der Waals surface area contributed by atoms with Gasteiger partial charge in [-0.2, -0.15) is 18.2 Å². The van der Waals surface area contributed by atoms with Crippen LogP contribution in [0, 0.1) is 11.6 Å². The van der Waals surface area contributed by atoms with Crippen LogP contribution in [0.3, 0.4) is 0 Å². The third kappa shape index (κ3) is 4.83. The van der Waals surface area contributed by atoms with E-state index in [1.807, 2.05) is 4.90 Å². The van der Waals surface area contributed by atoms with E-state index in [-0.39, 0.29) is 24.1 Å². The predicted molar refractivity (Wildman–Crippen MR) is 115 cm³/mol. The molecule has 0 radical (unpaired) electrons. The molecule has 1 atom stereocenters. The van der Waals surface area contributed by atoms with Crippen molar-refractivity contribution in [1.82, 2.24) is 14.5 Å². The van der Waals surface area contributed by atoms with Crippen LogP contribution in [0.5, 0.6) is 17.4 Å². The Kier molecular flexibility index (Phi) is 6.24. The lowest BCUT2D eigenvalue weighted by Gasteiger charge is -2.38. The number of alkyl halides is 3. The average Bonchev–Trinajstić information content (AvgIpc) is 2.80. The van der Waals surface area contributed by atoms with Crippen molar-refractivity contribution in [2.45, 2.75) is 25.2 Å². The maximum Gasteiger partial charge on any atom is 0.433 e. The summed E-state index contributed by atoms with van der Waals surface area (Å²) in [6, 6.07) is 4.90. The molecule has 8 nitrogen and oxygen atoms in total. The smallest absolute Gasteiger partial charge is 0.433 e. The van der Waals surface area contributed by atoms with Crippen molar-refractivity contribution in [2.75, 3.05) is 31.2 Å². The summed E-state index contributed by atoms with van der Waals surface area (Å²) in [7, 11) is 0. The number of aromatic nitrogens is 3. The zero-order valence-corrected chi connectivity index (χ0v) is 18.6. The van der Waals surface area contributed by atoms with Gasteiger partial charge in [0, 0.05) is 31.4 Å². The third-order valence-corrected chi connectivity index (χ3v) is 5.84. The molecule has 0 amide bonds. The first-order valence-corrected chi connectivity index (χ1v) is 11.0. The Hall–Kier alpha value is -3.74. The molecule has 4 heterocycles. The molecule has 0 saturated carbocycles. The molecule has 190 valence electrons. The van der Waals surface area contributed by atoms with E-state index in [4.69, 9.17) is 14.2 Å². The Balaban J connectivity index is 1.33. The molecule has 2 aliphatic heterocycles. The maximum atomic E-state index is 14.6. The highest BCUT2D eigenvalue weighted by molar-refractivity contribution is 5.45. The van der Waals surface area contributed by atoms with Crippen LogP contribution < -0.4 is 20.1 Å². The van der Waals surface area contributed by atoms with Crippen LogP contribution >= 0.6 is 0 Å². The SMILES string of the molecule is O=c1nc(OCc2cc(F)c(Oc3ccnc(C(F)(F)F)c3)c(F)c2)cc2n1C1CCN2CCOC1. The summed E-state index contributed by atoms with van der Waals surface area (Å²) in [5.41, 5.74) is -1.71. The Labute approximate surface area is 200 Å². The van der Waals surface area contributed by atoms with Gasteiger partial charge in [-0.3, -0.25) is 9.55 Å². The molecular formula is C23H19F5N4O4. The Bertz CT molecular complexity index is 1320. The Morgan fingerprint density at radius 2 is 1.89 bits per heavy atom. The van der Waals surface area contributed by atoms with Crippen molar-refractivity contribution < 1.29 is 36.2 Å². The van der Waals surface area contributed by atoms with Gasteiger partial charge < -0.3 is 19.1 Å². The summed E-state index contributed by atoms with van der Waals surface area (Å²) >= 11 is 0. The summed E-state index contributed by atoms with van der Waals surface area (Å²) in [5, 5.41) is 0.